The summed E-state index contributed by atoms with van der Waals surface area (Å²) in [5.74, 6) is 2.09. The van der Waals surface area contributed by atoms with Crippen LogP contribution in [-0.4, -0.2) is 34.5 Å². The first kappa shape index (κ1) is 15.9. The molecule has 2 heterocycles. The minimum atomic E-state index is 0.367. The number of rotatable bonds is 2. The molecule has 0 bridgehead atoms. The molecule has 0 unspecified atom stereocenters. The molecule has 5 nitrogen and oxygen atoms in total. The molecule has 1 aliphatic heterocycles. The van der Waals surface area contributed by atoms with E-state index in [1.54, 1.807) is 0 Å². The molecule has 136 valence electrons. The average Bonchev–Trinajstić information content (AvgIpc) is 2.65. The number of aryl methyl sites for hydroxylation is 1. The lowest BCUT2D eigenvalue weighted by Gasteiger charge is -2.38. The van der Waals surface area contributed by atoms with Crippen molar-refractivity contribution >= 4 is 5.82 Å². The molecule has 2 aliphatic carbocycles. The molecule has 1 saturated carbocycles. The van der Waals surface area contributed by atoms with Crippen LogP contribution in [0.2, 0.25) is 0 Å². The fourth-order valence-electron chi connectivity index (χ4n) is 4.67. The van der Waals surface area contributed by atoms with Gasteiger partial charge in [-0.2, -0.15) is 0 Å². The first-order valence-electron chi connectivity index (χ1n) is 9.85. The van der Waals surface area contributed by atoms with E-state index in [0.29, 0.717) is 18.4 Å². The zero-order chi connectivity index (χ0) is 17.7. The SMILES string of the molecule is Cc1c(-c2ccc3c(c2O)CC3)nnc2c1OCCN2C1CCCCC1. The standard InChI is InChI=1S/C21H25N3O2/c1-13-18(17-10-8-14-7-9-16(14)19(17)25)22-23-21-20(13)26-12-11-24(21)15-5-3-2-4-6-15/h8,10,15,25H,2-7,9,11-12H2,1H3. The van der Waals surface area contributed by atoms with Crippen LogP contribution in [0.1, 0.15) is 48.8 Å². The predicted molar refractivity (Wildman–Crippen MR) is 101 cm³/mol. The van der Waals surface area contributed by atoms with Gasteiger partial charge in [0.15, 0.2) is 11.6 Å². The van der Waals surface area contributed by atoms with Gasteiger partial charge in [-0.25, -0.2) is 0 Å². The molecule has 0 amide bonds. The van der Waals surface area contributed by atoms with Gasteiger partial charge in [-0.1, -0.05) is 25.3 Å². The van der Waals surface area contributed by atoms with Crippen LogP contribution in [0, 0.1) is 6.92 Å². The monoisotopic (exact) mass is 351 g/mol. The molecule has 0 spiro atoms. The zero-order valence-corrected chi connectivity index (χ0v) is 15.3. The maximum absolute atomic E-state index is 10.6. The van der Waals surface area contributed by atoms with E-state index < -0.39 is 0 Å². The lowest BCUT2D eigenvalue weighted by Crippen LogP contribution is -2.43. The maximum atomic E-state index is 10.6. The predicted octanol–water partition coefficient (Wildman–Crippen LogP) is 3.79. The number of nitrogens with zero attached hydrogens (tertiary/aromatic N) is 3. The van der Waals surface area contributed by atoms with Gasteiger partial charge < -0.3 is 14.7 Å². The summed E-state index contributed by atoms with van der Waals surface area (Å²) < 4.78 is 6.02. The van der Waals surface area contributed by atoms with Crippen LogP contribution in [0.3, 0.4) is 0 Å². The number of anilines is 1. The molecule has 0 atom stereocenters. The largest absolute Gasteiger partial charge is 0.507 e. The molecule has 5 rings (SSSR count). The third-order valence-corrected chi connectivity index (χ3v) is 6.29. The lowest BCUT2D eigenvalue weighted by atomic mass is 9.85. The van der Waals surface area contributed by atoms with Crippen LogP contribution in [0.25, 0.3) is 11.3 Å². The van der Waals surface area contributed by atoms with E-state index in [1.807, 2.05) is 13.0 Å². The van der Waals surface area contributed by atoms with Gasteiger partial charge in [0.05, 0.1) is 6.54 Å². The van der Waals surface area contributed by atoms with Crippen molar-refractivity contribution in [1.29, 1.82) is 0 Å². The third-order valence-electron chi connectivity index (χ3n) is 6.29. The smallest absolute Gasteiger partial charge is 0.194 e. The van der Waals surface area contributed by atoms with E-state index in [-0.39, 0.29) is 0 Å². The third kappa shape index (κ3) is 2.37. The van der Waals surface area contributed by atoms with Crippen LogP contribution < -0.4 is 9.64 Å². The van der Waals surface area contributed by atoms with Crippen molar-refractivity contribution in [3.05, 3.63) is 28.8 Å². The highest BCUT2D eigenvalue weighted by Gasteiger charge is 2.31. The molecule has 5 heteroatoms. The average molecular weight is 351 g/mol. The molecule has 1 aromatic carbocycles. The molecule has 0 saturated heterocycles. The first-order valence-corrected chi connectivity index (χ1v) is 9.85. The van der Waals surface area contributed by atoms with E-state index in [4.69, 9.17) is 4.74 Å². The van der Waals surface area contributed by atoms with Crippen molar-refractivity contribution in [1.82, 2.24) is 10.2 Å². The zero-order valence-electron chi connectivity index (χ0n) is 15.3. The van der Waals surface area contributed by atoms with Crippen molar-refractivity contribution < 1.29 is 9.84 Å². The summed E-state index contributed by atoms with van der Waals surface area (Å²) in [5.41, 5.74) is 4.79. The van der Waals surface area contributed by atoms with Crippen LogP contribution in [0.5, 0.6) is 11.5 Å². The Bertz CT molecular complexity index is 859. The van der Waals surface area contributed by atoms with Crippen molar-refractivity contribution in [2.75, 3.05) is 18.1 Å². The minimum Gasteiger partial charge on any atom is -0.507 e. The molecular weight excluding hydrogens is 326 g/mol. The molecule has 26 heavy (non-hydrogen) atoms. The molecule has 3 aliphatic rings. The van der Waals surface area contributed by atoms with Crippen LogP contribution in [-0.2, 0) is 12.8 Å². The minimum absolute atomic E-state index is 0.367. The Labute approximate surface area is 154 Å². The summed E-state index contributed by atoms with van der Waals surface area (Å²) in [7, 11) is 0. The Morgan fingerprint density at radius 2 is 1.96 bits per heavy atom. The number of hydrogen-bond donors (Lipinski definition) is 1. The number of ether oxygens (including phenoxy) is 1. The molecule has 2 aromatic rings. The molecule has 1 fully saturated rings. The molecular formula is C21H25N3O2. The maximum Gasteiger partial charge on any atom is 0.194 e. The second kappa shape index (κ2) is 6.15. The van der Waals surface area contributed by atoms with Gasteiger partial charge in [-0.3, -0.25) is 0 Å². The first-order chi connectivity index (χ1) is 12.7. The summed E-state index contributed by atoms with van der Waals surface area (Å²) in [6.45, 7) is 3.60. The van der Waals surface area contributed by atoms with E-state index in [2.05, 4.69) is 21.2 Å². The van der Waals surface area contributed by atoms with E-state index in [0.717, 1.165) is 53.3 Å². The van der Waals surface area contributed by atoms with E-state index in [1.165, 1.54) is 37.7 Å². The number of hydrogen-bond acceptors (Lipinski definition) is 5. The summed E-state index contributed by atoms with van der Waals surface area (Å²) in [6.07, 6.45) is 8.39. The molecule has 1 aromatic heterocycles. The fraction of sp³-hybridized carbons (Fsp3) is 0.524. The Kier molecular flexibility index (Phi) is 3.76. The van der Waals surface area contributed by atoms with Crippen LogP contribution in [0.15, 0.2) is 12.1 Å². The normalized spacial score (nSPS) is 19.3. The number of aromatic nitrogens is 2. The van der Waals surface area contributed by atoms with Crippen molar-refractivity contribution in [3.63, 3.8) is 0 Å². The number of benzene rings is 1. The Morgan fingerprint density at radius 1 is 1.12 bits per heavy atom. The highest BCUT2D eigenvalue weighted by atomic mass is 16.5. The highest BCUT2D eigenvalue weighted by molar-refractivity contribution is 5.76. The summed E-state index contributed by atoms with van der Waals surface area (Å²) in [5, 5.41) is 19.7. The van der Waals surface area contributed by atoms with Gasteiger partial charge in [0.25, 0.3) is 0 Å². The van der Waals surface area contributed by atoms with Gasteiger partial charge in [0.1, 0.15) is 18.1 Å². The van der Waals surface area contributed by atoms with E-state index in [9.17, 15) is 5.11 Å². The fourth-order valence-corrected chi connectivity index (χ4v) is 4.67. The second-order valence-electron chi connectivity index (χ2n) is 7.76. The summed E-state index contributed by atoms with van der Waals surface area (Å²) >= 11 is 0. The van der Waals surface area contributed by atoms with Crippen molar-refractivity contribution in [3.8, 4) is 22.8 Å². The van der Waals surface area contributed by atoms with Gasteiger partial charge in [0, 0.05) is 17.2 Å². The van der Waals surface area contributed by atoms with Gasteiger partial charge in [-0.15, -0.1) is 10.2 Å². The number of fused-ring (bicyclic) bond motifs is 2. The number of aromatic hydroxyl groups is 1. The number of phenolic OH excluding ortho intramolecular Hbond substituents is 1. The summed E-state index contributed by atoms with van der Waals surface area (Å²) in [6, 6.07) is 4.62. The van der Waals surface area contributed by atoms with Crippen molar-refractivity contribution in [2.45, 2.75) is 57.9 Å². The molecule has 0 radical (unpaired) electrons. The second-order valence-corrected chi connectivity index (χ2v) is 7.76. The van der Waals surface area contributed by atoms with Crippen LogP contribution in [0.4, 0.5) is 5.82 Å². The lowest BCUT2D eigenvalue weighted by molar-refractivity contribution is 0.283. The Hall–Kier alpha value is -2.30. The summed E-state index contributed by atoms with van der Waals surface area (Å²) in [4.78, 5) is 2.40. The van der Waals surface area contributed by atoms with Gasteiger partial charge in [0.2, 0.25) is 0 Å². The van der Waals surface area contributed by atoms with Gasteiger partial charge in [-0.05, 0) is 49.8 Å². The van der Waals surface area contributed by atoms with Gasteiger partial charge >= 0.3 is 0 Å². The van der Waals surface area contributed by atoms with Crippen molar-refractivity contribution in [2.24, 2.45) is 0 Å². The number of phenols is 1. The molecule has 1 N–H and O–H groups in total. The quantitative estimate of drug-likeness (QED) is 0.892. The van der Waals surface area contributed by atoms with E-state index >= 15 is 0 Å². The van der Waals surface area contributed by atoms with Crippen LogP contribution >= 0.6 is 0 Å². The topological polar surface area (TPSA) is 58.5 Å². The Balaban J connectivity index is 1.56. The highest BCUT2D eigenvalue weighted by Crippen LogP contribution is 2.44. The Morgan fingerprint density at radius 3 is 2.73 bits per heavy atom.